The molecule has 3 rings (SSSR count). The fourth-order valence-corrected chi connectivity index (χ4v) is 2.34. The second-order valence-electron chi connectivity index (χ2n) is 4.19. The topological polar surface area (TPSA) is 25.0 Å². The van der Waals surface area contributed by atoms with Crippen molar-refractivity contribution in [2.24, 2.45) is 0 Å². The molecule has 1 aromatic heterocycles. The first-order valence-corrected chi connectivity index (χ1v) is 6.17. The van der Waals surface area contributed by atoms with Gasteiger partial charge < -0.3 is 9.72 Å². The largest absolute Gasteiger partial charge is 0.497 e. The number of methoxy groups -OCH3 is 1. The van der Waals surface area contributed by atoms with Gasteiger partial charge in [0.1, 0.15) is 5.75 Å². The van der Waals surface area contributed by atoms with E-state index < -0.39 is 0 Å². The van der Waals surface area contributed by atoms with Gasteiger partial charge in [0, 0.05) is 10.9 Å². The van der Waals surface area contributed by atoms with Crippen molar-refractivity contribution in [1.82, 2.24) is 4.98 Å². The fourth-order valence-electron chi connectivity index (χ4n) is 2.08. The van der Waals surface area contributed by atoms with Crippen molar-refractivity contribution in [2.75, 3.05) is 7.11 Å². The van der Waals surface area contributed by atoms with Crippen LogP contribution < -0.4 is 4.74 Å². The lowest BCUT2D eigenvalue weighted by Crippen LogP contribution is -1.82. The minimum Gasteiger partial charge on any atom is -0.497 e. The summed E-state index contributed by atoms with van der Waals surface area (Å²) >= 11 is 4.32. The van der Waals surface area contributed by atoms with E-state index in [0.29, 0.717) is 0 Å². The van der Waals surface area contributed by atoms with Crippen molar-refractivity contribution in [3.8, 4) is 16.9 Å². The average molecular weight is 255 g/mol. The molecule has 0 saturated carbocycles. The lowest BCUT2D eigenvalue weighted by atomic mass is 10.0. The molecule has 2 aromatic carbocycles. The quantitative estimate of drug-likeness (QED) is 0.661. The molecule has 3 aromatic rings. The van der Waals surface area contributed by atoms with E-state index >= 15 is 0 Å². The van der Waals surface area contributed by atoms with Gasteiger partial charge in [0.2, 0.25) is 0 Å². The maximum absolute atomic E-state index is 5.16. The van der Waals surface area contributed by atoms with Gasteiger partial charge in [0.15, 0.2) is 0 Å². The molecule has 0 atom stereocenters. The lowest BCUT2D eigenvalue weighted by molar-refractivity contribution is 0.415. The predicted octanol–water partition coefficient (Wildman–Crippen LogP) is 4.13. The fraction of sp³-hybridized carbons (Fsp3) is 0.0667. The van der Waals surface area contributed by atoms with Crippen LogP contribution in [0.4, 0.5) is 0 Å². The number of aromatic amines is 1. The molecule has 0 aliphatic rings. The summed E-state index contributed by atoms with van der Waals surface area (Å²) in [6, 6.07) is 16.4. The summed E-state index contributed by atoms with van der Waals surface area (Å²) in [5, 5.41) is 2.06. The van der Waals surface area contributed by atoms with E-state index in [1.807, 2.05) is 18.2 Å². The first-order valence-electron chi connectivity index (χ1n) is 5.72. The zero-order valence-electron chi connectivity index (χ0n) is 9.97. The Morgan fingerprint density at radius 2 is 1.67 bits per heavy atom. The Hall–Kier alpha value is -1.87. The summed E-state index contributed by atoms with van der Waals surface area (Å²) in [6.45, 7) is 0. The van der Waals surface area contributed by atoms with Crippen molar-refractivity contribution in [2.45, 2.75) is 5.03 Å². The SMILES string of the molecule is COc1ccc(-c2ccc3[nH]c(S)cc3c2)cc1. The number of nitrogens with one attached hydrogen (secondary N) is 1. The van der Waals surface area contributed by atoms with Crippen LogP contribution in [0.1, 0.15) is 0 Å². The number of aromatic nitrogens is 1. The summed E-state index contributed by atoms with van der Waals surface area (Å²) < 4.78 is 5.16. The van der Waals surface area contributed by atoms with Crippen LogP contribution in [0, 0.1) is 0 Å². The van der Waals surface area contributed by atoms with Gasteiger partial charge in [-0.2, -0.15) is 0 Å². The van der Waals surface area contributed by atoms with Crippen LogP contribution in [0.5, 0.6) is 5.75 Å². The second-order valence-corrected chi connectivity index (χ2v) is 4.67. The highest BCUT2D eigenvalue weighted by Gasteiger charge is 2.02. The van der Waals surface area contributed by atoms with E-state index in [4.69, 9.17) is 4.74 Å². The van der Waals surface area contributed by atoms with Crippen LogP contribution in [0.2, 0.25) is 0 Å². The van der Waals surface area contributed by atoms with Gasteiger partial charge in [-0.1, -0.05) is 18.2 Å². The number of rotatable bonds is 2. The van der Waals surface area contributed by atoms with Crippen molar-refractivity contribution >= 4 is 23.5 Å². The molecule has 0 amide bonds. The highest BCUT2D eigenvalue weighted by atomic mass is 32.1. The van der Waals surface area contributed by atoms with Gasteiger partial charge >= 0.3 is 0 Å². The van der Waals surface area contributed by atoms with Crippen LogP contribution in [0.15, 0.2) is 53.6 Å². The average Bonchev–Trinajstić information content (AvgIpc) is 2.78. The third kappa shape index (κ3) is 1.97. The molecule has 1 N–H and O–H groups in total. The molecule has 0 saturated heterocycles. The van der Waals surface area contributed by atoms with E-state index in [2.05, 4.69) is 47.9 Å². The number of fused-ring (bicyclic) bond motifs is 1. The van der Waals surface area contributed by atoms with Gasteiger partial charge in [0.25, 0.3) is 0 Å². The van der Waals surface area contributed by atoms with Crippen molar-refractivity contribution in [1.29, 1.82) is 0 Å². The summed E-state index contributed by atoms with van der Waals surface area (Å²) in [6.07, 6.45) is 0. The predicted molar refractivity (Wildman–Crippen MR) is 77.5 cm³/mol. The molecule has 0 fully saturated rings. The van der Waals surface area contributed by atoms with Crippen LogP contribution >= 0.6 is 12.6 Å². The molecule has 0 radical (unpaired) electrons. The van der Waals surface area contributed by atoms with E-state index in [9.17, 15) is 0 Å². The highest BCUT2D eigenvalue weighted by molar-refractivity contribution is 7.80. The molecule has 3 heteroatoms. The van der Waals surface area contributed by atoms with Gasteiger partial charge in [-0.25, -0.2) is 0 Å². The Kier molecular flexibility index (Phi) is 2.76. The van der Waals surface area contributed by atoms with Gasteiger partial charge in [0.05, 0.1) is 12.1 Å². The Morgan fingerprint density at radius 1 is 0.944 bits per heavy atom. The number of hydrogen-bond donors (Lipinski definition) is 2. The molecule has 0 spiro atoms. The monoisotopic (exact) mass is 255 g/mol. The maximum Gasteiger partial charge on any atom is 0.118 e. The molecular formula is C15H13NOS. The van der Waals surface area contributed by atoms with Crippen LogP contribution in [-0.2, 0) is 0 Å². The standard InChI is InChI=1S/C15H13NOS/c1-17-13-5-2-10(3-6-13)11-4-7-14-12(8-11)9-15(18)16-14/h2-9,16,18H,1H3. The first-order chi connectivity index (χ1) is 8.76. The second kappa shape index (κ2) is 4.42. The molecular weight excluding hydrogens is 242 g/mol. The Balaban J connectivity index is 2.06. The zero-order valence-corrected chi connectivity index (χ0v) is 10.9. The molecule has 0 aliphatic heterocycles. The normalized spacial score (nSPS) is 10.8. The molecule has 1 heterocycles. The van der Waals surface area contributed by atoms with Crippen molar-refractivity contribution < 1.29 is 4.74 Å². The van der Waals surface area contributed by atoms with Gasteiger partial charge in [-0.3, -0.25) is 0 Å². The molecule has 0 aliphatic carbocycles. The van der Waals surface area contributed by atoms with Gasteiger partial charge in [-0.05, 0) is 41.5 Å². The molecule has 18 heavy (non-hydrogen) atoms. The van der Waals surface area contributed by atoms with Crippen LogP contribution in [0.3, 0.4) is 0 Å². The smallest absolute Gasteiger partial charge is 0.118 e. The van der Waals surface area contributed by atoms with Crippen LogP contribution in [-0.4, -0.2) is 12.1 Å². The molecule has 90 valence electrons. The third-order valence-electron chi connectivity index (χ3n) is 3.03. The van der Waals surface area contributed by atoms with E-state index in [1.165, 1.54) is 16.5 Å². The highest BCUT2D eigenvalue weighted by Crippen LogP contribution is 2.27. The molecule has 0 bridgehead atoms. The Morgan fingerprint density at radius 3 is 2.39 bits per heavy atom. The minimum atomic E-state index is 0.874. The van der Waals surface area contributed by atoms with Crippen molar-refractivity contribution in [3.05, 3.63) is 48.5 Å². The lowest BCUT2D eigenvalue weighted by Gasteiger charge is -2.04. The van der Waals surface area contributed by atoms with Crippen LogP contribution in [0.25, 0.3) is 22.0 Å². The number of ether oxygens (including phenoxy) is 1. The number of H-pyrrole nitrogens is 1. The first kappa shape index (κ1) is 11.2. The summed E-state index contributed by atoms with van der Waals surface area (Å²) in [5.74, 6) is 0.874. The van der Waals surface area contributed by atoms with Crippen molar-refractivity contribution in [3.63, 3.8) is 0 Å². The summed E-state index contributed by atoms with van der Waals surface area (Å²) in [5.41, 5.74) is 3.48. The minimum absolute atomic E-state index is 0.874. The number of hydrogen-bond acceptors (Lipinski definition) is 2. The Bertz CT molecular complexity index is 685. The van der Waals surface area contributed by atoms with Gasteiger partial charge in [-0.15, -0.1) is 12.6 Å². The summed E-state index contributed by atoms with van der Waals surface area (Å²) in [4.78, 5) is 3.20. The summed E-state index contributed by atoms with van der Waals surface area (Å²) in [7, 11) is 1.68. The number of thiol groups is 1. The molecule has 0 unspecified atom stereocenters. The molecule has 2 nitrogen and oxygen atoms in total. The third-order valence-corrected chi connectivity index (χ3v) is 3.27. The zero-order chi connectivity index (χ0) is 12.5. The van der Waals surface area contributed by atoms with E-state index in [-0.39, 0.29) is 0 Å². The van der Waals surface area contributed by atoms with E-state index in [0.717, 1.165) is 16.3 Å². The maximum atomic E-state index is 5.16. The van der Waals surface area contributed by atoms with E-state index in [1.54, 1.807) is 7.11 Å². The number of benzene rings is 2. The Labute approximate surface area is 111 Å².